The predicted molar refractivity (Wildman–Crippen MR) is 54.4 cm³/mol. The van der Waals surface area contributed by atoms with Gasteiger partial charge in [0.05, 0.1) is 0 Å². The van der Waals surface area contributed by atoms with E-state index in [0.29, 0.717) is 0 Å². The molecule has 1 aromatic rings. The summed E-state index contributed by atoms with van der Waals surface area (Å²) in [5, 5.41) is 3.08. The Balaban J connectivity index is 2.18. The van der Waals surface area contributed by atoms with E-state index in [2.05, 4.69) is 21.2 Å². The standard InChI is InChI=1S/C10H11BrFN/c11-9-4-2-1-3-8(9)10(12)7-5-13-6-7/h1-4,7,10,13H,5-6H2. The number of rotatable bonds is 2. The van der Waals surface area contributed by atoms with E-state index < -0.39 is 6.17 Å². The van der Waals surface area contributed by atoms with Gasteiger partial charge < -0.3 is 5.32 Å². The summed E-state index contributed by atoms with van der Waals surface area (Å²) in [4.78, 5) is 0. The number of benzene rings is 1. The Morgan fingerprint density at radius 3 is 2.62 bits per heavy atom. The van der Waals surface area contributed by atoms with Crippen molar-refractivity contribution in [3.05, 3.63) is 34.3 Å². The van der Waals surface area contributed by atoms with Gasteiger partial charge in [0.15, 0.2) is 0 Å². The van der Waals surface area contributed by atoms with Gasteiger partial charge in [-0.25, -0.2) is 4.39 Å². The summed E-state index contributed by atoms with van der Waals surface area (Å²) in [5.41, 5.74) is 0.772. The average Bonchev–Trinajstić information content (AvgIpc) is 2.01. The van der Waals surface area contributed by atoms with Crippen LogP contribution in [-0.2, 0) is 0 Å². The molecule has 0 aliphatic carbocycles. The zero-order chi connectivity index (χ0) is 9.26. The van der Waals surface area contributed by atoms with Gasteiger partial charge in [-0.05, 0) is 6.07 Å². The lowest BCUT2D eigenvalue weighted by Gasteiger charge is -2.30. The van der Waals surface area contributed by atoms with Crippen LogP contribution in [0.4, 0.5) is 4.39 Å². The largest absolute Gasteiger partial charge is 0.316 e. The molecule has 1 N–H and O–H groups in total. The Morgan fingerprint density at radius 2 is 2.08 bits per heavy atom. The van der Waals surface area contributed by atoms with Crippen molar-refractivity contribution in [2.24, 2.45) is 5.92 Å². The molecule has 1 aliphatic heterocycles. The van der Waals surface area contributed by atoms with Gasteiger partial charge in [0.25, 0.3) is 0 Å². The highest BCUT2D eigenvalue weighted by molar-refractivity contribution is 9.10. The van der Waals surface area contributed by atoms with Crippen molar-refractivity contribution in [3.63, 3.8) is 0 Å². The first kappa shape index (κ1) is 9.16. The smallest absolute Gasteiger partial charge is 0.131 e. The first-order valence-electron chi connectivity index (χ1n) is 4.38. The fraction of sp³-hybridized carbons (Fsp3) is 0.400. The third-order valence-electron chi connectivity index (χ3n) is 2.43. The molecule has 13 heavy (non-hydrogen) atoms. The van der Waals surface area contributed by atoms with Gasteiger partial charge in [-0.15, -0.1) is 0 Å². The van der Waals surface area contributed by atoms with Crippen LogP contribution in [0.3, 0.4) is 0 Å². The predicted octanol–water partition coefficient (Wildman–Crippen LogP) is 2.68. The fourth-order valence-electron chi connectivity index (χ4n) is 1.47. The molecule has 0 radical (unpaired) electrons. The van der Waals surface area contributed by atoms with Crippen molar-refractivity contribution >= 4 is 15.9 Å². The highest BCUT2D eigenvalue weighted by atomic mass is 79.9. The fourth-order valence-corrected chi connectivity index (χ4v) is 1.97. The molecule has 1 aromatic carbocycles. The molecular formula is C10H11BrFN. The second kappa shape index (κ2) is 3.76. The minimum absolute atomic E-state index is 0.152. The van der Waals surface area contributed by atoms with Gasteiger partial charge in [-0.3, -0.25) is 0 Å². The first-order valence-corrected chi connectivity index (χ1v) is 5.17. The van der Waals surface area contributed by atoms with Crippen molar-refractivity contribution in [2.75, 3.05) is 13.1 Å². The molecule has 0 amide bonds. The van der Waals surface area contributed by atoms with Gasteiger partial charge in [-0.1, -0.05) is 34.1 Å². The SMILES string of the molecule is FC(c1ccccc1Br)C1CNC1. The van der Waals surface area contributed by atoms with Crippen molar-refractivity contribution < 1.29 is 4.39 Å². The molecule has 1 saturated heterocycles. The third kappa shape index (κ3) is 1.76. The lowest BCUT2D eigenvalue weighted by atomic mass is 9.92. The van der Waals surface area contributed by atoms with Crippen LogP contribution < -0.4 is 5.32 Å². The second-order valence-corrected chi connectivity index (χ2v) is 4.20. The number of hydrogen-bond donors (Lipinski definition) is 1. The molecule has 3 heteroatoms. The number of halogens is 2. The Kier molecular flexibility index (Phi) is 2.65. The minimum atomic E-state index is -0.836. The van der Waals surface area contributed by atoms with Gasteiger partial charge >= 0.3 is 0 Å². The van der Waals surface area contributed by atoms with Crippen molar-refractivity contribution in [1.29, 1.82) is 0 Å². The zero-order valence-corrected chi connectivity index (χ0v) is 8.72. The molecule has 2 rings (SSSR count). The maximum atomic E-state index is 13.8. The highest BCUT2D eigenvalue weighted by Crippen LogP contribution is 2.33. The van der Waals surface area contributed by atoms with Gasteiger partial charge in [0, 0.05) is 29.0 Å². The molecule has 0 aromatic heterocycles. The van der Waals surface area contributed by atoms with E-state index >= 15 is 0 Å². The average molecular weight is 244 g/mol. The number of nitrogens with one attached hydrogen (secondary N) is 1. The molecule has 1 unspecified atom stereocenters. The Morgan fingerprint density at radius 1 is 1.38 bits per heavy atom. The van der Waals surface area contributed by atoms with E-state index in [1.54, 1.807) is 0 Å². The van der Waals surface area contributed by atoms with Crippen LogP contribution in [0.2, 0.25) is 0 Å². The van der Waals surface area contributed by atoms with Crippen LogP contribution in [0, 0.1) is 5.92 Å². The third-order valence-corrected chi connectivity index (χ3v) is 3.15. The van der Waals surface area contributed by atoms with Gasteiger partial charge in [-0.2, -0.15) is 0 Å². The van der Waals surface area contributed by atoms with Crippen molar-refractivity contribution in [3.8, 4) is 0 Å². The van der Waals surface area contributed by atoms with Crippen molar-refractivity contribution in [2.45, 2.75) is 6.17 Å². The lowest BCUT2D eigenvalue weighted by molar-refractivity contribution is 0.170. The van der Waals surface area contributed by atoms with Crippen LogP contribution in [-0.4, -0.2) is 13.1 Å². The van der Waals surface area contributed by atoms with Crippen LogP contribution in [0.15, 0.2) is 28.7 Å². The summed E-state index contributed by atoms with van der Waals surface area (Å²) in [7, 11) is 0. The summed E-state index contributed by atoms with van der Waals surface area (Å²) in [5.74, 6) is 0.152. The van der Waals surface area contributed by atoms with Crippen LogP contribution in [0.25, 0.3) is 0 Å². The molecular weight excluding hydrogens is 233 g/mol. The molecule has 0 spiro atoms. The molecule has 0 bridgehead atoms. The second-order valence-electron chi connectivity index (χ2n) is 3.34. The van der Waals surface area contributed by atoms with E-state index in [4.69, 9.17) is 0 Å². The zero-order valence-electron chi connectivity index (χ0n) is 7.13. The molecule has 70 valence electrons. The normalized spacial score (nSPS) is 19.5. The van der Waals surface area contributed by atoms with E-state index in [0.717, 1.165) is 23.1 Å². The van der Waals surface area contributed by atoms with Crippen molar-refractivity contribution in [1.82, 2.24) is 5.32 Å². The molecule has 1 fully saturated rings. The monoisotopic (exact) mass is 243 g/mol. The summed E-state index contributed by atoms with van der Waals surface area (Å²) in [6, 6.07) is 7.50. The molecule has 0 saturated carbocycles. The number of alkyl halides is 1. The minimum Gasteiger partial charge on any atom is -0.316 e. The van der Waals surface area contributed by atoms with Crippen LogP contribution >= 0.6 is 15.9 Å². The molecule has 1 nitrogen and oxygen atoms in total. The first-order chi connectivity index (χ1) is 6.29. The molecule has 1 atom stereocenters. The Bertz CT molecular complexity index is 299. The highest BCUT2D eigenvalue weighted by Gasteiger charge is 2.28. The lowest BCUT2D eigenvalue weighted by Crippen LogP contribution is -2.44. The van der Waals surface area contributed by atoms with Gasteiger partial charge in [0.1, 0.15) is 6.17 Å². The maximum Gasteiger partial charge on any atom is 0.131 e. The summed E-state index contributed by atoms with van der Waals surface area (Å²) in [6.07, 6.45) is -0.836. The summed E-state index contributed by atoms with van der Waals surface area (Å²) < 4.78 is 14.6. The van der Waals surface area contributed by atoms with E-state index in [1.165, 1.54) is 0 Å². The van der Waals surface area contributed by atoms with E-state index in [-0.39, 0.29) is 5.92 Å². The van der Waals surface area contributed by atoms with Crippen LogP contribution in [0.1, 0.15) is 11.7 Å². The molecule has 1 heterocycles. The number of hydrogen-bond acceptors (Lipinski definition) is 1. The summed E-state index contributed by atoms with van der Waals surface area (Å²) >= 11 is 3.36. The maximum absolute atomic E-state index is 13.8. The van der Waals surface area contributed by atoms with Gasteiger partial charge in [0.2, 0.25) is 0 Å². The van der Waals surface area contributed by atoms with E-state index in [9.17, 15) is 4.39 Å². The summed E-state index contributed by atoms with van der Waals surface area (Å²) in [6.45, 7) is 1.59. The van der Waals surface area contributed by atoms with E-state index in [1.807, 2.05) is 24.3 Å². The Hall–Kier alpha value is -0.410. The van der Waals surface area contributed by atoms with Crippen LogP contribution in [0.5, 0.6) is 0 Å². The topological polar surface area (TPSA) is 12.0 Å². The molecule has 1 aliphatic rings. The quantitative estimate of drug-likeness (QED) is 0.843. The Labute approximate surface area is 85.5 Å².